The minimum atomic E-state index is -3.61. The van der Waals surface area contributed by atoms with Crippen LogP contribution < -0.4 is 11.1 Å². The van der Waals surface area contributed by atoms with Crippen molar-refractivity contribution in [3.63, 3.8) is 0 Å². The molecular formula is C25H33N5O4S. The monoisotopic (exact) mass is 499 g/mol. The second kappa shape index (κ2) is 11.5. The Morgan fingerprint density at radius 2 is 1.77 bits per heavy atom. The van der Waals surface area contributed by atoms with E-state index in [2.05, 4.69) is 10.3 Å². The average Bonchev–Trinajstić information content (AvgIpc) is 3.19. The summed E-state index contributed by atoms with van der Waals surface area (Å²) >= 11 is 0. The third kappa shape index (κ3) is 5.88. The highest BCUT2D eigenvalue weighted by atomic mass is 32.2. The van der Waals surface area contributed by atoms with Gasteiger partial charge in [0.1, 0.15) is 11.9 Å². The van der Waals surface area contributed by atoms with Crippen molar-refractivity contribution in [1.82, 2.24) is 19.2 Å². The summed E-state index contributed by atoms with van der Waals surface area (Å²) in [5.41, 5.74) is 7.52. The molecule has 2 amide bonds. The number of hydrogen-bond acceptors (Lipinski definition) is 5. The lowest BCUT2D eigenvalue weighted by Gasteiger charge is -2.18. The van der Waals surface area contributed by atoms with Gasteiger partial charge in [-0.2, -0.15) is 4.31 Å². The summed E-state index contributed by atoms with van der Waals surface area (Å²) in [6.07, 6.45) is 1.29. The number of benzene rings is 2. The van der Waals surface area contributed by atoms with Gasteiger partial charge in [-0.15, -0.1) is 0 Å². The molecule has 1 aromatic heterocycles. The van der Waals surface area contributed by atoms with Crippen molar-refractivity contribution < 1.29 is 18.0 Å². The summed E-state index contributed by atoms with van der Waals surface area (Å²) in [6.45, 7) is 7.11. The number of imidazole rings is 1. The molecule has 3 aromatic rings. The Balaban J connectivity index is 1.83. The zero-order valence-corrected chi connectivity index (χ0v) is 21.2. The Morgan fingerprint density at radius 1 is 1.09 bits per heavy atom. The third-order valence-corrected chi connectivity index (χ3v) is 7.93. The van der Waals surface area contributed by atoms with Gasteiger partial charge in [-0.25, -0.2) is 13.4 Å². The Kier molecular flexibility index (Phi) is 8.63. The van der Waals surface area contributed by atoms with Crippen molar-refractivity contribution in [1.29, 1.82) is 0 Å². The molecule has 0 fully saturated rings. The van der Waals surface area contributed by atoms with Crippen LogP contribution >= 0.6 is 0 Å². The van der Waals surface area contributed by atoms with Gasteiger partial charge in [0.15, 0.2) is 0 Å². The van der Waals surface area contributed by atoms with Crippen molar-refractivity contribution in [3.05, 3.63) is 59.9 Å². The molecule has 0 aliphatic heterocycles. The van der Waals surface area contributed by atoms with Gasteiger partial charge in [-0.1, -0.05) is 51.1 Å². The van der Waals surface area contributed by atoms with E-state index in [-0.39, 0.29) is 17.2 Å². The fraction of sp³-hybridized carbons (Fsp3) is 0.400. The Labute approximate surface area is 206 Å². The normalized spacial score (nSPS) is 12.7. The largest absolute Gasteiger partial charge is 0.368 e. The highest BCUT2D eigenvalue weighted by molar-refractivity contribution is 7.89. The van der Waals surface area contributed by atoms with E-state index in [4.69, 9.17) is 5.73 Å². The van der Waals surface area contributed by atoms with Gasteiger partial charge < -0.3 is 15.6 Å². The van der Waals surface area contributed by atoms with Crippen LogP contribution in [0.25, 0.3) is 11.0 Å². The van der Waals surface area contributed by atoms with Crippen LogP contribution in [0.15, 0.2) is 53.4 Å². The lowest BCUT2D eigenvalue weighted by atomic mass is 10.1. The van der Waals surface area contributed by atoms with Gasteiger partial charge in [-0.05, 0) is 30.2 Å². The molecule has 3 rings (SSSR count). The molecule has 0 aliphatic carbocycles. The van der Waals surface area contributed by atoms with Gasteiger partial charge in [0, 0.05) is 32.5 Å². The quantitative estimate of drug-likeness (QED) is 0.396. The smallest absolute Gasteiger partial charge is 0.244 e. The van der Waals surface area contributed by atoms with Crippen LogP contribution in [0.3, 0.4) is 0 Å². The molecule has 0 bridgehead atoms. The number of aryl methyl sites for hydroxylation is 2. The minimum Gasteiger partial charge on any atom is -0.368 e. The zero-order valence-electron chi connectivity index (χ0n) is 20.4. The summed E-state index contributed by atoms with van der Waals surface area (Å²) in [7, 11) is -3.61. The van der Waals surface area contributed by atoms with Crippen LogP contribution in [0.4, 0.5) is 0 Å². The van der Waals surface area contributed by atoms with E-state index in [1.54, 1.807) is 56.3 Å². The highest BCUT2D eigenvalue weighted by Crippen LogP contribution is 2.24. The molecule has 2 aromatic carbocycles. The van der Waals surface area contributed by atoms with E-state index in [1.807, 2.05) is 17.6 Å². The number of sulfonamides is 1. The molecule has 0 spiro atoms. The summed E-state index contributed by atoms with van der Waals surface area (Å²) in [4.78, 5) is 29.5. The predicted molar refractivity (Wildman–Crippen MR) is 135 cm³/mol. The maximum absolute atomic E-state index is 12.9. The minimum absolute atomic E-state index is 0.105. The lowest BCUT2D eigenvalue weighted by molar-refractivity contribution is -0.127. The second-order valence-corrected chi connectivity index (χ2v) is 10.2. The first-order chi connectivity index (χ1) is 16.7. The fourth-order valence-electron chi connectivity index (χ4n) is 4.12. The first-order valence-electron chi connectivity index (χ1n) is 11.9. The number of amides is 2. The fourth-order valence-corrected chi connectivity index (χ4v) is 5.60. The number of carbonyl (C=O) groups is 2. The van der Waals surface area contributed by atoms with Crippen molar-refractivity contribution in [2.24, 2.45) is 5.73 Å². The topological polar surface area (TPSA) is 127 Å². The molecule has 188 valence electrons. The molecule has 1 atom stereocenters. The van der Waals surface area contributed by atoms with Gasteiger partial charge in [-0.3, -0.25) is 9.59 Å². The maximum atomic E-state index is 12.9. The van der Waals surface area contributed by atoms with Crippen molar-refractivity contribution in [2.75, 3.05) is 13.1 Å². The van der Waals surface area contributed by atoms with Crippen LogP contribution in [0, 0.1) is 0 Å². The van der Waals surface area contributed by atoms with Crippen molar-refractivity contribution >= 4 is 32.9 Å². The summed E-state index contributed by atoms with van der Waals surface area (Å²) in [6, 6.07) is 12.9. The van der Waals surface area contributed by atoms with E-state index in [0.717, 1.165) is 11.9 Å². The van der Waals surface area contributed by atoms with Gasteiger partial charge in [0.05, 0.1) is 15.9 Å². The van der Waals surface area contributed by atoms with Gasteiger partial charge in [0.2, 0.25) is 21.8 Å². The molecule has 35 heavy (non-hydrogen) atoms. The van der Waals surface area contributed by atoms with Crippen LogP contribution in [0.2, 0.25) is 0 Å². The number of rotatable bonds is 12. The number of primary amides is 1. The molecule has 1 unspecified atom stereocenters. The Bertz CT molecular complexity index is 1280. The lowest BCUT2D eigenvalue weighted by Crippen LogP contribution is -2.37. The highest BCUT2D eigenvalue weighted by Gasteiger charge is 2.24. The van der Waals surface area contributed by atoms with E-state index in [9.17, 15) is 18.0 Å². The van der Waals surface area contributed by atoms with Crippen LogP contribution in [-0.2, 0) is 32.6 Å². The maximum Gasteiger partial charge on any atom is 0.244 e. The Morgan fingerprint density at radius 3 is 2.37 bits per heavy atom. The zero-order chi connectivity index (χ0) is 25.6. The molecule has 0 saturated heterocycles. The van der Waals surface area contributed by atoms with E-state index in [0.29, 0.717) is 43.0 Å². The third-order valence-electron chi connectivity index (χ3n) is 5.89. The summed E-state index contributed by atoms with van der Waals surface area (Å²) in [5, 5.41) is 2.71. The van der Waals surface area contributed by atoms with E-state index in [1.165, 1.54) is 4.31 Å². The van der Waals surface area contributed by atoms with E-state index >= 15 is 0 Å². The number of fused-ring (bicyclic) bond motifs is 1. The molecule has 3 N–H and O–H groups in total. The van der Waals surface area contributed by atoms with Crippen molar-refractivity contribution in [2.45, 2.75) is 57.5 Å². The first kappa shape index (κ1) is 26.4. The first-order valence-corrected chi connectivity index (χ1v) is 13.3. The standard InChI is InChI=1S/C25H33N5O4S/c1-4-16-30-21-13-12-19(35(33,34)29(5-2)6-3)17-20(21)27-22(30)14-15-23(31)28-24(25(26)32)18-10-8-7-9-11-18/h7-13,17,24H,4-6,14-16H2,1-3H3,(H2,26,32)(H,28,31). The molecule has 0 aliphatic rings. The average molecular weight is 500 g/mol. The number of carbonyl (C=O) groups excluding carboxylic acids is 2. The molecule has 0 radical (unpaired) electrons. The molecule has 9 nitrogen and oxygen atoms in total. The van der Waals surface area contributed by atoms with E-state index < -0.39 is 22.0 Å². The predicted octanol–water partition coefficient (Wildman–Crippen LogP) is 2.75. The second-order valence-electron chi connectivity index (χ2n) is 8.23. The number of aromatic nitrogens is 2. The number of nitrogens with two attached hydrogens (primary N) is 1. The summed E-state index contributed by atoms with van der Waals surface area (Å²) in [5.74, 6) is -0.271. The molecule has 0 saturated carbocycles. The van der Waals surface area contributed by atoms with Crippen LogP contribution in [0.5, 0.6) is 0 Å². The molecule has 10 heteroatoms. The number of hydrogen-bond donors (Lipinski definition) is 2. The van der Waals surface area contributed by atoms with Gasteiger partial charge in [0.25, 0.3) is 0 Å². The van der Waals surface area contributed by atoms with Gasteiger partial charge >= 0.3 is 0 Å². The van der Waals surface area contributed by atoms with Crippen LogP contribution in [-0.4, -0.2) is 47.2 Å². The van der Waals surface area contributed by atoms with Crippen LogP contribution in [0.1, 0.15) is 51.0 Å². The van der Waals surface area contributed by atoms with Crippen molar-refractivity contribution in [3.8, 4) is 0 Å². The Hall–Kier alpha value is -3.24. The molecular weight excluding hydrogens is 466 g/mol. The molecule has 1 heterocycles. The summed E-state index contributed by atoms with van der Waals surface area (Å²) < 4.78 is 29.3. The number of nitrogens with one attached hydrogen (secondary N) is 1. The number of nitrogens with zero attached hydrogens (tertiary/aromatic N) is 3. The SMILES string of the molecule is CCCn1c(CCC(=O)NC(C(N)=O)c2ccccc2)nc2cc(S(=O)(=O)N(CC)CC)ccc21.